The fourth-order valence-corrected chi connectivity index (χ4v) is 7.43. The van der Waals surface area contributed by atoms with E-state index in [1.165, 1.54) is 12.1 Å². The van der Waals surface area contributed by atoms with Gasteiger partial charge in [-0.3, -0.25) is 0 Å². The Kier molecular flexibility index (Phi) is 5.43. The van der Waals surface area contributed by atoms with Crippen LogP contribution in [-0.4, -0.2) is 59.6 Å². The van der Waals surface area contributed by atoms with Gasteiger partial charge in [0.05, 0.1) is 11.3 Å². The molecule has 0 spiro atoms. The van der Waals surface area contributed by atoms with Crippen LogP contribution in [0.25, 0.3) is 11.4 Å². The Morgan fingerprint density at radius 1 is 1.09 bits per heavy atom. The summed E-state index contributed by atoms with van der Waals surface area (Å²) in [5, 5.41) is 19.3. The zero-order chi connectivity index (χ0) is 23.2. The third-order valence-corrected chi connectivity index (χ3v) is 8.61. The van der Waals surface area contributed by atoms with Gasteiger partial charge in [-0.05, 0) is 36.6 Å². The third kappa shape index (κ3) is 4.01. The molecule has 1 aromatic carbocycles. The highest BCUT2D eigenvalue weighted by Crippen LogP contribution is 2.41. The van der Waals surface area contributed by atoms with Gasteiger partial charge in [0.1, 0.15) is 9.79 Å². The molecule has 176 valence electrons. The summed E-state index contributed by atoms with van der Waals surface area (Å²) in [6.07, 6.45) is 7.43. The van der Waals surface area contributed by atoms with Gasteiger partial charge in [0.25, 0.3) is 0 Å². The first-order chi connectivity index (χ1) is 15.8. The molecule has 0 saturated heterocycles. The van der Waals surface area contributed by atoms with Crippen molar-refractivity contribution < 1.29 is 16.8 Å². The lowest BCUT2D eigenvalue weighted by Crippen LogP contribution is -2.34. The summed E-state index contributed by atoms with van der Waals surface area (Å²) in [7, 11) is -8.73. The average molecular weight is 494 g/mol. The molecule has 0 radical (unpaired) electrons. The van der Waals surface area contributed by atoms with Crippen LogP contribution >= 0.6 is 0 Å². The van der Waals surface area contributed by atoms with Crippen molar-refractivity contribution in [1.29, 1.82) is 0 Å². The lowest BCUT2D eigenvalue weighted by molar-refractivity contribution is 0.548. The highest BCUT2D eigenvalue weighted by molar-refractivity contribution is 7.92. The Labute approximate surface area is 190 Å². The summed E-state index contributed by atoms with van der Waals surface area (Å²) in [4.78, 5) is 5.16. The molecule has 15 heteroatoms. The van der Waals surface area contributed by atoms with Crippen LogP contribution in [0.2, 0.25) is 0 Å². The molecule has 4 N–H and O–H groups in total. The highest BCUT2D eigenvalue weighted by Gasteiger charge is 2.35. The van der Waals surface area contributed by atoms with E-state index >= 15 is 0 Å². The predicted molar refractivity (Wildman–Crippen MR) is 117 cm³/mol. The number of hydrogen-bond acceptors (Lipinski definition) is 9. The molecule has 0 bridgehead atoms. The maximum absolute atomic E-state index is 13.3. The number of benzene rings is 1. The van der Waals surface area contributed by atoms with Crippen molar-refractivity contribution in [2.45, 2.75) is 54.5 Å². The van der Waals surface area contributed by atoms with Gasteiger partial charge in [-0.2, -0.15) is 5.21 Å². The minimum Gasteiger partial charge on any atom is -0.317 e. The molecule has 1 fully saturated rings. The second-order valence-electron chi connectivity index (χ2n) is 8.10. The number of nitrogens with zero attached hydrogens (tertiary/aromatic N) is 6. The predicted octanol–water partition coefficient (Wildman–Crippen LogP) is 0.473. The van der Waals surface area contributed by atoms with Crippen molar-refractivity contribution in [2.75, 3.05) is 11.4 Å². The van der Waals surface area contributed by atoms with Crippen LogP contribution in [0.3, 0.4) is 0 Å². The van der Waals surface area contributed by atoms with E-state index in [2.05, 4.69) is 30.3 Å². The summed E-state index contributed by atoms with van der Waals surface area (Å²) in [6.45, 7) is 1.28. The Bertz CT molecular complexity index is 1380. The standard InChI is InChI=1S/C18H23N9O4S2/c19-32(28,29)16-14(33(30,31)23-12-4-1-2-5-12)7-6-13(15(16)17-21-24-25-22-17)27-10-3-9-26-11-8-20-18(26)27/h6-8,11-12,23H,1-5,9-10H2,(H2,19,28,29)(H,21,22,24,25). The normalized spacial score (nSPS) is 17.4. The van der Waals surface area contributed by atoms with Crippen molar-refractivity contribution in [3.05, 3.63) is 24.5 Å². The summed E-state index contributed by atoms with van der Waals surface area (Å²) >= 11 is 0. The molecule has 1 aliphatic carbocycles. The minimum atomic E-state index is -4.53. The maximum Gasteiger partial charge on any atom is 0.242 e. The van der Waals surface area contributed by atoms with Crippen molar-refractivity contribution in [1.82, 2.24) is 34.9 Å². The van der Waals surface area contributed by atoms with Gasteiger partial charge in [0, 0.05) is 31.5 Å². The van der Waals surface area contributed by atoms with Crippen molar-refractivity contribution >= 4 is 31.7 Å². The molecule has 0 unspecified atom stereocenters. The van der Waals surface area contributed by atoms with Gasteiger partial charge < -0.3 is 9.47 Å². The molecule has 33 heavy (non-hydrogen) atoms. The molecular formula is C18H23N9O4S2. The number of tetrazole rings is 1. The first-order valence-corrected chi connectivity index (χ1v) is 13.5. The molecule has 3 aromatic rings. The number of imidazole rings is 1. The Morgan fingerprint density at radius 2 is 1.88 bits per heavy atom. The van der Waals surface area contributed by atoms with E-state index < -0.39 is 29.8 Å². The smallest absolute Gasteiger partial charge is 0.242 e. The lowest BCUT2D eigenvalue weighted by Gasteiger charge is -2.31. The highest BCUT2D eigenvalue weighted by atomic mass is 32.2. The zero-order valence-electron chi connectivity index (χ0n) is 17.5. The number of primary sulfonamides is 1. The van der Waals surface area contributed by atoms with Crippen molar-refractivity contribution in [2.24, 2.45) is 5.14 Å². The molecule has 5 rings (SSSR count). The number of fused-ring (bicyclic) bond motifs is 1. The molecular weight excluding hydrogens is 470 g/mol. The molecule has 2 aliphatic rings. The molecule has 0 atom stereocenters. The quantitative estimate of drug-likeness (QED) is 0.439. The summed E-state index contributed by atoms with van der Waals surface area (Å²) in [5.41, 5.74) is 0.324. The van der Waals surface area contributed by atoms with E-state index in [0.29, 0.717) is 31.0 Å². The van der Waals surface area contributed by atoms with E-state index in [1.54, 1.807) is 11.1 Å². The Morgan fingerprint density at radius 3 is 2.58 bits per heavy atom. The summed E-state index contributed by atoms with van der Waals surface area (Å²) < 4.78 is 56.8. The SMILES string of the molecule is NS(=O)(=O)c1c(S(=O)(=O)NC2CCCC2)ccc(N2CCCn3ccnc32)c1-c1nn[nH]n1. The van der Waals surface area contributed by atoms with E-state index in [1.807, 2.05) is 10.8 Å². The van der Waals surface area contributed by atoms with Crippen LogP contribution in [0, 0.1) is 0 Å². The fraction of sp³-hybridized carbons (Fsp3) is 0.444. The third-order valence-electron chi connectivity index (χ3n) is 5.93. The van der Waals surface area contributed by atoms with Crippen LogP contribution in [0.1, 0.15) is 32.1 Å². The van der Waals surface area contributed by atoms with E-state index in [9.17, 15) is 16.8 Å². The van der Waals surface area contributed by atoms with E-state index in [-0.39, 0.29) is 17.4 Å². The van der Waals surface area contributed by atoms with Crippen LogP contribution in [0.4, 0.5) is 11.6 Å². The number of aromatic amines is 1. The van der Waals surface area contributed by atoms with Crippen LogP contribution in [0.5, 0.6) is 0 Å². The van der Waals surface area contributed by atoms with Gasteiger partial charge in [0.15, 0.2) is 0 Å². The minimum absolute atomic E-state index is 0.0444. The lowest BCUT2D eigenvalue weighted by atomic mass is 10.1. The van der Waals surface area contributed by atoms with Gasteiger partial charge in [0.2, 0.25) is 31.8 Å². The number of H-pyrrole nitrogens is 1. The maximum atomic E-state index is 13.3. The number of rotatable bonds is 6. The number of sulfonamides is 2. The van der Waals surface area contributed by atoms with Crippen LogP contribution in [0.15, 0.2) is 34.3 Å². The van der Waals surface area contributed by atoms with Gasteiger partial charge >= 0.3 is 0 Å². The summed E-state index contributed by atoms with van der Waals surface area (Å²) in [6, 6.07) is 2.54. The van der Waals surface area contributed by atoms with Crippen molar-refractivity contribution in [3.63, 3.8) is 0 Å². The van der Waals surface area contributed by atoms with Gasteiger partial charge in [-0.25, -0.2) is 31.7 Å². The average Bonchev–Trinajstić information content (AvgIpc) is 3.53. The van der Waals surface area contributed by atoms with Crippen LogP contribution in [-0.2, 0) is 26.6 Å². The molecule has 2 aromatic heterocycles. The monoisotopic (exact) mass is 493 g/mol. The van der Waals surface area contributed by atoms with E-state index in [0.717, 1.165) is 25.8 Å². The topological polar surface area (TPSA) is 182 Å². The number of nitrogens with one attached hydrogen (secondary N) is 2. The largest absolute Gasteiger partial charge is 0.317 e. The van der Waals surface area contributed by atoms with E-state index in [4.69, 9.17) is 5.14 Å². The molecule has 1 aliphatic heterocycles. The Balaban J connectivity index is 1.75. The number of hydrogen-bond donors (Lipinski definition) is 3. The number of nitrogens with two attached hydrogens (primary N) is 1. The zero-order valence-corrected chi connectivity index (χ0v) is 19.2. The van der Waals surface area contributed by atoms with Crippen LogP contribution < -0.4 is 14.8 Å². The molecule has 1 saturated carbocycles. The second-order valence-corrected chi connectivity index (χ2v) is 11.3. The summed E-state index contributed by atoms with van der Waals surface area (Å²) in [5.74, 6) is 0.502. The first kappa shape index (κ1) is 21.9. The fourth-order valence-electron chi connectivity index (χ4n) is 4.53. The number of anilines is 2. The Hall–Kier alpha value is -2.88. The molecule has 13 nitrogen and oxygen atoms in total. The molecule has 0 amide bonds. The van der Waals surface area contributed by atoms with Crippen molar-refractivity contribution in [3.8, 4) is 11.4 Å². The first-order valence-electron chi connectivity index (χ1n) is 10.5. The number of aryl methyl sites for hydroxylation is 1. The molecule has 3 heterocycles. The second kappa shape index (κ2) is 8.16. The van der Waals surface area contributed by atoms with Gasteiger partial charge in [-0.1, -0.05) is 12.8 Å². The number of aromatic nitrogens is 6. The van der Waals surface area contributed by atoms with Gasteiger partial charge in [-0.15, -0.1) is 10.2 Å².